The van der Waals surface area contributed by atoms with Crippen LogP contribution in [0.3, 0.4) is 0 Å². The number of H-pyrrole nitrogens is 1. The van der Waals surface area contributed by atoms with Crippen LogP contribution in [0.15, 0.2) is 53.5 Å². The zero-order valence-electron chi connectivity index (χ0n) is 14.1. The molecule has 0 saturated heterocycles. The van der Waals surface area contributed by atoms with Crippen LogP contribution in [0.2, 0.25) is 5.02 Å². The lowest BCUT2D eigenvalue weighted by Crippen LogP contribution is -2.35. The fourth-order valence-corrected chi connectivity index (χ4v) is 3.89. The topological polar surface area (TPSA) is 81.9 Å². The Labute approximate surface area is 157 Å². The molecule has 1 atom stereocenters. The summed E-state index contributed by atoms with van der Waals surface area (Å²) in [7, 11) is 1.75. The van der Waals surface area contributed by atoms with Gasteiger partial charge in [-0.05, 0) is 17.7 Å². The minimum Gasteiger partial charge on any atom is -0.422 e. The summed E-state index contributed by atoms with van der Waals surface area (Å²) in [5, 5.41) is 4.57. The molecule has 7 nitrogen and oxygen atoms in total. The smallest absolute Gasteiger partial charge is 0.339 e. The van der Waals surface area contributed by atoms with E-state index in [4.69, 9.17) is 16.3 Å². The summed E-state index contributed by atoms with van der Waals surface area (Å²) >= 11 is 6.28. The second-order valence-corrected chi connectivity index (χ2v) is 6.74. The van der Waals surface area contributed by atoms with E-state index in [2.05, 4.69) is 10.1 Å². The van der Waals surface area contributed by atoms with Crippen LogP contribution in [0.5, 0.6) is 5.75 Å². The molecule has 3 heterocycles. The van der Waals surface area contributed by atoms with Gasteiger partial charge in [-0.3, -0.25) is 9.25 Å². The number of carbonyl (C=O) groups is 1. The van der Waals surface area contributed by atoms with Gasteiger partial charge in [0.15, 0.2) is 11.8 Å². The van der Waals surface area contributed by atoms with E-state index in [-0.39, 0.29) is 5.69 Å². The van der Waals surface area contributed by atoms with Crippen molar-refractivity contribution in [3.8, 4) is 17.0 Å². The summed E-state index contributed by atoms with van der Waals surface area (Å²) in [5.41, 5.74) is 2.64. The lowest BCUT2D eigenvalue weighted by molar-refractivity contribution is -0.137. The first-order chi connectivity index (χ1) is 13.1. The average molecular weight is 381 g/mol. The molecule has 27 heavy (non-hydrogen) atoms. The molecule has 1 unspecified atom stereocenters. The van der Waals surface area contributed by atoms with Crippen molar-refractivity contribution < 1.29 is 9.53 Å². The molecule has 0 saturated carbocycles. The number of nitrogens with zero attached hydrogens (tertiary/aromatic N) is 3. The summed E-state index contributed by atoms with van der Waals surface area (Å²) in [5.74, 6) is -0.226. The monoisotopic (exact) mass is 380 g/mol. The van der Waals surface area contributed by atoms with Gasteiger partial charge in [0.2, 0.25) is 0 Å². The van der Waals surface area contributed by atoms with E-state index < -0.39 is 12.0 Å². The zero-order chi connectivity index (χ0) is 18.7. The van der Waals surface area contributed by atoms with Crippen molar-refractivity contribution >= 4 is 28.6 Å². The van der Waals surface area contributed by atoms with E-state index in [0.717, 1.165) is 0 Å². The standard InChI is InChI=1S/C19H13ClN4O3/c1-23-15(12(20)9-21-23)11-7-8-13-16-17(11)27-18(25)14(24(16)19(26)22-13)10-5-3-2-4-6-10/h2-9,14H,1H3,(H,22,26). The normalized spacial score (nSPS) is 15.9. The van der Waals surface area contributed by atoms with Crippen LogP contribution >= 0.6 is 11.6 Å². The van der Waals surface area contributed by atoms with E-state index in [9.17, 15) is 9.59 Å². The highest BCUT2D eigenvalue weighted by Crippen LogP contribution is 2.42. The van der Waals surface area contributed by atoms with Gasteiger partial charge in [0.05, 0.1) is 22.4 Å². The Balaban J connectivity index is 1.85. The fraction of sp³-hybridized carbons (Fsp3) is 0.105. The van der Waals surface area contributed by atoms with Gasteiger partial charge in [-0.2, -0.15) is 5.10 Å². The summed E-state index contributed by atoms with van der Waals surface area (Å²) in [6, 6.07) is 11.8. The predicted octanol–water partition coefficient (Wildman–Crippen LogP) is 2.89. The summed E-state index contributed by atoms with van der Waals surface area (Å²) in [4.78, 5) is 28.4. The number of ether oxygens (including phenoxy) is 1. The van der Waals surface area contributed by atoms with Crippen LogP contribution in [0.25, 0.3) is 22.3 Å². The minimum atomic E-state index is -0.850. The first-order valence-electron chi connectivity index (χ1n) is 8.28. The number of halogens is 1. The summed E-state index contributed by atoms with van der Waals surface area (Å²) < 4.78 is 8.78. The van der Waals surface area contributed by atoms with Crippen LogP contribution in [0.1, 0.15) is 11.6 Å². The Morgan fingerprint density at radius 3 is 2.63 bits per heavy atom. The number of aryl methyl sites for hydroxylation is 1. The molecular formula is C19H13ClN4O3. The molecule has 0 spiro atoms. The van der Waals surface area contributed by atoms with E-state index in [1.54, 1.807) is 36.0 Å². The zero-order valence-corrected chi connectivity index (χ0v) is 14.9. The number of imidazole rings is 1. The van der Waals surface area contributed by atoms with E-state index in [1.165, 1.54) is 10.8 Å². The van der Waals surface area contributed by atoms with Crippen LogP contribution in [0.4, 0.5) is 0 Å². The molecule has 0 radical (unpaired) electrons. The molecule has 1 aliphatic heterocycles. The second-order valence-electron chi connectivity index (χ2n) is 6.34. The molecule has 1 aliphatic rings. The van der Waals surface area contributed by atoms with Gasteiger partial charge in [0.25, 0.3) is 0 Å². The summed E-state index contributed by atoms with van der Waals surface area (Å²) in [6.07, 6.45) is 1.52. The quantitative estimate of drug-likeness (QED) is 0.428. The average Bonchev–Trinajstić information content (AvgIpc) is 3.17. The van der Waals surface area contributed by atoms with Gasteiger partial charge < -0.3 is 9.72 Å². The van der Waals surface area contributed by atoms with Crippen molar-refractivity contribution in [1.82, 2.24) is 19.3 Å². The Bertz CT molecular complexity index is 1250. The van der Waals surface area contributed by atoms with Crippen molar-refractivity contribution in [2.45, 2.75) is 6.04 Å². The predicted molar refractivity (Wildman–Crippen MR) is 100.0 cm³/mol. The van der Waals surface area contributed by atoms with E-state index in [1.807, 2.05) is 18.2 Å². The van der Waals surface area contributed by atoms with Crippen molar-refractivity contribution in [1.29, 1.82) is 0 Å². The number of aromatic amines is 1. The van der Waals surface area contributed by atoms with Crippen molar-refractivity contribution in [2.24, 2.45) is 7.05 Å². The summed E-state index contributed by atoms with van der Waals surface area (Å²) in [6.45, 7) is 0. The highest BCUT2D eigenvalue weighted by molar-refractivity contribution is 6.33. The third-order valence-electron chi connectivity index (χ3n) is 4.78. The molecule has 0 fully saturated rings. The SMILES string of the molecule is Cn1ncc(Cl)c1-c1ccc2[nH]c(=O)n3c2c1OC(=O)C3c1ccccc1. The number of rotatable bonds is 2. The second kappa shape index (κ2) is 5.59. The van der Waals surface area contributed by atoms with Crippen LogP contribution in [0, 0.1) is 0 Å². The first-order valence-corrected chi connectivity index (χ1v) is 8.66. The number of esters is 1. The molecule has 2 aromatic carbocycles. The molecule has 1 N–H and O–H groups in total. The molecule has 4 aromatic rings. The molecule has 0 amide bonds. The van der Waals surface area contributed by atoms with Gasteiger partial charge in [0, 0.05) is 12.6 Å². The lowest BCUT2D eigenvalue weighted by Gasteiger charge is -2.25. The van der Waals surface area contributed by atoms with Crippen LogP contribution in [-0.4, -0.2) is 25.3 Å². The van der Waals surface area contributed by atoms with Gasteiger partial charge in [-0.25, -0.2) is 9.59 Å². The van der Waals surface area contributed by atoms with Gasteiger partial charge in [0.1, 0.15) is 5.52 Å². The Morgan fingerprint density at radius 2 is 1.93 bits per heavy atom. The number of nitrogens with one attached hydrogen (secondary N) is 1. The van der Waals surface area contributed by atoms with Crippen molar-refractivity contribution in [3.05, 3.63) is 69.7 Å². The third kappa shape index (κ3) is 2.18. The van der Waals surface area contributed by atoms with Crippen molar-refractivity contribution in [3.63, 3.8) is 0 Å². The molecule has 5 rings (SSSR count). The largest absolute Gasteiger partial charge is 0.422 e. The minimum absolute atomic E-state index is 0.300. The van der Waals surface area contributed by atoms with Gasteiger partial charge >= 0.3 is 11.7 Å². The number of carbonyl (C=O) groups excluding carboxylic acids is 1. The number of hydrogen-bond acceptors (Lipinski definition) is 4. The molecule has 0 aliphatic carbocycles. The lowest BCUT2D eigenvalue weighted by atomic mass is 10.0. The van der Waals surface area contributed by atoms with Crippen LogP contribution in [-0.2, 0) is 11.8 Å². The molecule has 8 heteroatoms. The Kier molecular flexibility index (Phi) is 3.29. The van der Waals surface area contributed by atoms with E-state index in [0.29, 0.717) is 38.6 Å². The first kappa shape index (κ1) is 15.9. The van der Waals surface area contributed by atoms with E-state index >= 15 is 0 Å². The molecular weight excluding hydrogens is 368 g/mol. The van der Waals surface area contributed by atoms with Gasteiger partial charge in [-0.1, -0.05) is 41.9 Å². The highest BCUT2D eigenvalue weighted by atomic mass is 35.5. The highest BCUT2D eigenvalue weighted by Gasteiger charge is 2.36. The number of aromatic nitrogens is 4. The number of hydrogen-bond donors (Lipinski definition) is 1. The maximum atomic E-state index is 12.9. The Hall–Kier alpha value is -3.32. The van der Waals surface area contributed by atoms with Crippen LogP contribution < -0.4 is 10.4 Å². The van der Waals surface area contributed by atoms with Gasteiger partial charge in [-0.15, -0.1) is 0 Å². The molecule has 2 aromatic heterocycles. The molecule has 0 bridgehead atoms. The molecule has 134 valence electrons. The Morgan fingerprint density at radius 1 is 1.15 bits per heavy atom. The van der Waals surface area contributed by atoms with Crippen molar-refractivity contribution in [2.75, 3.05) is 0 Å². The fourth-order valence-electron chi connectivity index (χ4n) is 3.62. The number of benzene rings is 2. The maximum absolute atomic E-state index is 12.9. The maximum Gasteiger partial charge on any atom is 0.339 e. The third-order valence-corrected chi connectivity index (χ3v) is 5.06.